The minimum absolute atomic E-state index is 0.0556. The van der Waals surface area contributed by atoms with E-state index in [1.807, 2.05) is 23.6 Å². The number of hydrogen-bond donors (Lipinski definition) is 1. The molecule has 1 aromatic heterocycles. The predicted molar refractivity (Wildman–Crippen MR) is 105 cm³/mol. The standard InChI is InChI=1S/C21H26N2OS/c1-17-10-12-23(13-11-17)16-19-6-4-18(5-7-19)15-22-21(24)9-8-20-3-2-14-25-20/h2-9,14,17H,10-13,15-16H2,1H3,(H,22,24)/b9-8+. The zero-order chi connectivity index (χ0) is 17.5. The van der Waals surface area contributed by atoms with Gasteiger partial charge >= 0.3 is 0 Å². The number of thiophene rings is 1. The zero-order valence-electron chi connectivity index (χ0n) is 14.8. The van der Waals surface area contributed by atoms with Gasteiger partial charge in [-0.05, 0) is 60.5 Å². The molecule has 1 aliphatic rings. The summed E-state index contributed by atoms with van der Waals surface area (Å²) in [6, 6.07) is 12.6. The van der Waals surface area contributed by atoms with E-state index in [0.717, 1.165) is 22.9 Å². The van der Waals surface area contributed by atoms with E-state index in [1.54, 1.807) is 17.4 Å². The Morgan fingerprint density at radius 1 is 1.20 bits per heavy atom. The Balaban J connectivity index is 1.43. The van der Waals surface area contributed by atoms with E-state index < -0.39 is 0 Å². The topological polar surface area (TPSA) is 32.3 Å². The van der Waals surface area contributed by atoms with Crippen LogP contribution in [0.25, 0.3) is 6.08 Å². The van der Waals surface area contributed by atoms with Crippen LogP contribution in [0.2, 0.25) is 0 Å². The molecule has 132 valence electrons. The van der Waals surface area contributed by atoms with Crippen molar-refractivity contribution in [3.63, 3.8) is 0 Å². The van der Waals surface area contributed by atoms with Crippen molar-refractivity contribution in [1.29, 1.82) is 0 Å². The lowest BCUT2D eigenvalue weighted by molar-refractivity contribution is -0.116. The van der Waals surface area contributed by atoms with Crippen LogP contribution in [0.3, 0.4) is 0 Å². The van der Waals surface area contributed by atoms with Crippen molar-refractivity contribution in [2.75, 3.05) is 13.1 Å². The third-order valence-corrected chi connectivity index (χ3v) is 5.55. The molecule has 0 radical (unpaired) electrons. The first-order valence-electron chi connectivity index (χ1n) is 8.98. The first kappa shape index (κ1) is 17.9. The average Bonchev–Trinajstić information content (AvgIpc) is 3.15. The maximum Gasteiger partial charge on any atom is 0.244 e. The highest BCUT2D eigenvalue weighted by Crippen LogP contribution is 2.18. The first-order valence-corrected chi connectivity index (χ1v) is 9.86. The molecule has 0 unspecified atom stereocenters. The molecule has 1 N–H and O–H groups in total. The van der Waals surface area contributed by atoms with Gasteiger partial charge in [-0.15, -0.1) is 11.3 Å². The molecule has 1 saturated heterocycles. The number of carbonyl (C=O) groups excluding carboxylic acids is 1. The SMILES string of the molecule is CC1CCN(Cc2ccc(CNC(=O)/C=C/c3cccs3)cc2)CC1. The molecular formula is C21H26N2OS. The minimum Gasteiger partial charge on any atom is -0.348 e. The molecule has 3 nitrogen and oxygen atoms in total. The fourth-order valence-electron chi connectivity index (χ4n) is 3.03. The average molecular weight is 355 g/mol. The van der Waals surface area contributed by atoms with E-state index in [4.69, 9.17) is 0 Å². The number of likely N-dealkylation sites (tertiary alicyclic amines) is 1. The van der Waals surface area contributed by atoms with Crippen LogP contribution in [-0.2, 0) is 17.9 Å². The molecule has 0 bridgehead atoms. The summed E-state index contributed by atoms with van der Waals surface area (Å²) in [5.41, 5.74) is 2.48. The molecule has 0 atom stereocenters. The minimum atomic E-state index is -0.0556. The monoisotopic (exact) mass is 354 g/mol. The van der Waals surface area contributed by atoms with Gasteiger partial charge in [0.1, 0.15) is 0 Å². The summed E-state index contributed by atoms with van der Waals surface area (Å²) in [5.74, 6) is 0.816. The molecule has 0 spiro atoms. The smallest absolute Gasteiger partial charge is 0.244 e. The predicted octanol–water partition coefficient (Wildman–Crippen LogP) is 4.31. The van der Waals surface area contributed by atoms with E-state index in [0.29, 0.717) is 6.54 Å². The fourth-order valence-corrected chi connectivity index (χ4v) is 3.65. The normalized spacial score (nSPS) is 16.4. The summed E-state index contributed by atoms with van der Waals surface area (Å²) >= 11 is 1.62. The number of nitrogens with zero attached hydrogens (tertiary/aromatic N) is 1. The molecule has 1 aliphatic heterocycles. The molecule has 4 heteroatoms. The molecule has 0 saturated carbocycles. The number of benzene rings is 1. The maximum absolute atomic E-state index is 11.9. The first-order chi connectivity index (χ1) is 12.2. The number of piperidine rings is 1. The van der Waals surface area contributed by atoms with E-state index in [9.17, 15) is 4.79 Å². The van der Waals surface area contributed by atoms with Gasteiger partial charge < -0.3 is 5.32 Å². The quantitative estimate of drug-likeness (QED) is 0.784. The molecule has 0 aliphatic carbocycles. The second-order valence-electron chi connectivity index (χ2n) is 6.84. The highest BCUT2D eigenvalue weighted by molar-refractivity contribution is 7.10. The van der Waals surface area contributed by atoms with Gasteiger partial charge in [-0.1, -0.05) is 37.3 Å². The van der Waals surface area contributed by atoms with Gasteiger partial charge in [-0.3, -0.25) is 9.69 Å². The summed E-state index contributed by atoms with van der Waals surface area (Å²) in [5, 5.41) is 4.94. The molecule has 2 heterocycles. The molecular weight excluding hydrogens is 328 g/mol. The lowest BCUT2D eigenvalue weighted by atomic mass is 9.99. The second kappa shape index (κ2) is 8.97. The van der Waals surface area contributed by atoms with Crippen molar-refractivity contribution in [3.05, 3.63) is 63.9 Å². The van der Waals surface area contributed by atoms with Crippen LogP contribution < -0.4 is 5.32 Å². The van der Waals surface area contributed by atoms with Crippen LogP contribution in [-0.4, -0.2) is 23.9 Å². The van der Waals surface area contributed by atoms with Crippen molar-refractivity contribution in [2.45, 2.75) is 32.9 Å². The van der Waals surface area contributed by atoms with Gasteiger partial charge in [-0.25, -0.2) is 0 Å². The number of amides is 1. The highest BCUT2D eigenvalue weighted by Gasteiger charge is 2.15. The third-order valence-electron chi connectivity index (χ3n) is 4.71. The van der Waals surface area contributed by atoms with Gasteiger partial charge in [0.2, 0.25) is 5.91 Å². The molecule has 1 amide bonds. The zero-order valence-corrected chi connectivity index (χ0v) is 15.6. The highest BCUT2D eigenvalue weighted by atomic mass is 32.1. The molecule has 3 rings (SSSR count). The Hall–Kier alpha value is -1.91. The van der Waals surface area contributed by atoms with E-state index in [-0.39, 0.29) is 5.91 Å². The molecule has 2 aromatic rings. The Morgan fingerprint density at radius 2 is 1.92 bits per heavy atom. The molecule has 1 fully saturated rings. The number of hydrogen-bond acceptors (Lipinski definition) is 3. The number of rotatable bonds is 6. The Labute approximate surface area is 154 Å². The van der Waals surface area contributed by atoms with Gasteiger partial charge in [0.05, 0.1) is 0 Å². The lowest BCUT2D eigenvalue weighted by Gasteiger charge is -2.30. The summed E-state index contributed by atoms with van der Waals surface area (Å²) in [7, 11) is 0. The van der Waals surface area contributed by atoms with Gasteiger partial charge in [-0.2, -0.15) is 0 Å². The third kappa shape index (κ3) is 5.83. The maximum atomic E-state index is 11.9. The molecule has 25 heavy (non-hydrogen) atoms. The number of carbonyl (C=O) groups is 1. The van der Waals surface area contributed by atoms with Crippen LogP contribution >= 0.6 is 11.3 Å². The van der Waals surface area contributed by atoms with Crippen molar-refractivity contribution < 1.29 is 4.79 Å². The van der Waals surface area contributed by atoms with Crippen molar-refractivity contribution >= 4 is 23.3 Å². The second-order valence-corrected chi connectivity index (χ2v) is 7.82. The summed E-state index contributed by atoms with van der Waals surface area (Å²) in [6.45, 7) is 6.35. The van der Waals surface area contributed by atoms with E-state index in [1.165, 1.54) is 31.5 Å². The van der Waals surface area contributed by atoms with Gasteiger partial charge in [0.25, 0.3) is 0 Å². The van der Waals surface area contributed by atoms with E-state index >= 15 is 0 Å². The van der Waals surface area contributed by atoms with Crippen LogP contribution in [0.5, 0.6) is 0 Å². The van der Waals surface area contributed by atoms with Crippen LogP contribution in [0.1, 0.15) is 35.8 Å². The fraction of sp³-hybridized carbons (Fsp3) is 0.381. The van der Waals surface area contributed by atoms with E-state index in [2.05, 4.69) is 41.4 Å². The van der Waals surface area contributed by atoms with Crippen LogP contribution in [0, 0.1) is 5.92 Å². The van der Waals surface area contributed by atoms with Crippen LogP contribution in [0.4, 0.5) is 0 Å². The lowest BCUT2D eigenvalue weighted by Crippen LogP contribution is -2.32. The summed E-state index contributed by atoms with van der Waals surface area (Å²) in [4.78, 5) is 15.5. The summed E-state index contributed by atoms with van der Waals surface area (Å²) in [6.07, 6.45) is 6.06. The van der Waals surface area contributed by atoms with Crippen molar-refractivity contribution in [3.8, 4) is 0 Å². The largest absolute Gasteiger partial charge is 0.348 e. The number of nitrogens with one attached hydrogen (secondary N) is 1. The Kier molecular flexibility index (Phi) is 6.42. The van der Waals surface area contributed by atoms with Crippen molar-refractivity contribution in [1.82, 2.24) is 10.2 Å². The van der Waals surface area contributed by atoms with Crippen molar-refractivity contribution in [2.24, 2.45) is 5.92 Å². The summed E-state index contributed by atoms with van der Waals surface area (Å²) < 4.78 is 0. The Morgan fingerprint density at radius 3 is 2.60 bits per heavy atom. The van der Waals surface area contributed by atoms with Gasteiger partial charge in [0, 0.05) is 24.0 Å². The Bertz CT molecular complexity index is 683. The molecule has 1 aromatic carbocycles. The van der Waals surface area contributed by atoms with Crippen LogP contribution in [0.15, 0.2) is 47.9 Å². The van der Waals surface area contributed by atoms with Gasteiger partial charge in [0.15, 0.2) is 0 Å².